The van der Waals surface area contributed by atoms with Crippen molar-refractivity contribution in [2.24, 2.45) is 7.05 Å². The SMILES string of the molecule is CCNc1nc(Nc2cn(C3CCc4ncsc43)nc2C)ncc1C(F)(F)F.CCNc1nc(Nc2cnn(C3CC(n4nccn4)C3)c2C)ncc1C(F)(F)F.CNc1nc(Cc2cnn(C3CCc4c3cnn4C)c2C)ncc1C(F)(F)F.CNc1nc(Nc2cnn(C3Cc4nccn4C3)c2C)ncc1C(F)(F)F. The lowest BCUT2D eigenvalue weighted by Crippen LogP contribution is -2.31. The number of hydrogen-bond acceptors (Lipinski definition) is 25. The Balaban J connectivity index is 0.000000131. The number of hydrogen-bond donors (Lipinski definition) is 7. The molecule has 592 valence electrons. The van der Waals surface area contributed by atoms with Crippen LogP contribution in [0.15, 0.2) is 86.1 Å². The molecule has 0 radical (unpaired) electrons. The lowest BCUT2D eigenvalue weighted by atomic mass is 9.87. The van der Waals surface area contributed by atoms with Gasteiger partial charge in [-0.3, -0.25) is 23.4 Å². The lowest BCUT2D eigenvalue weighted by Gasteiger charge is -2.35. The summed E-state index contributed by atoms with van der Waals surface area (Å²) < 4.78 is 168. The van der Waals surface area contributed by atoms with Crippen LogP contribution >= 0.6 is 11.3 Å². The van der Waals surface area contributed by atoms with Crippen LogP contribution in [0, 0.1) is 27.7 Å². The third-order valence-corrected chi connectivity index (χ3v) is 20.3. The first-order valence-corrected chi connectivity index (χ1v) is 36.1. The normalized spacial score (nSPS) is 17.1. The molecule has 0 spiro atoms. The van der Waals surface area contributed by atoms with Gasteiger partial charge < -0.3 is 41.8 Å². The largest absolute Gasteiger partial charge is 0.421 e. The number of fused-ring (bicyclic) bond motifs is 3. The Hall–Kier alpha value is -11.9. The highest BCUT2D eigenvalue weighted by molar-refractivity contribution is 7.09. The number of aromatic nitrogens is 24. The molecule has 0 bridgehead atoms. The van der Waals surface area contributed by atoms with Crippen LogP contribution in [0.25, 0.3) is 0 Å². The molecule has 3 unspecified atom stereocenters. The van der Waals surface area contributed by atoms with E-state index in [1.54, 1.807) is 67.2 Å². The van der Waals surface area contributed by atoms with Crippen molar-refractivity contribution in [3.05, 3.63) is 170 Å². The Morgan fingerprint density at radius 2 is 1.04 bits per heavy atom. The maximum atomic E-state index is 13.1. The van der Waals surface area contributed by atoms with Crippen molar-refractivity contribution in [2.45, 2.75) is 154 Å². The molecule has 0 saturated heterocycles. The predicted octanol–water partition coefficient (Wildman–Crippen LogP) is 13.2. The highest BCUT2D eigenvalue weighted by atomic mass is 32.1. The molecule has 0 amide bonds. The highest BCUT2D eigenvalue weighted by Gasteiger charge is 2.41. The van der Waals surface area contributed by atoms with Crippen LogP contribution in [0.3, 0.4) is 0 Å². The number of alkyl halides is 12. The Labute approximate surface area is 634 Å². The van der Waals surface area contributed by atoms with Gasteiger partial charge in [0.1, 0.15) is 57.2 Å². The van der Waals surface area contributed by atoms with Gasteiger partial charge in [0.15, 0.2) is 0 Å². The van der Waals surface area contributed by atoms with E-state index in [1.807, 2.05) is 82.3 Å². The van der Waals surface area contributed by atoms with Gasteiger partial charge in [0.05, 0.1) is 118 Å². The number of aryl methyl sites for hydroxylation is 3. The van der Waals surface area contributed by atoms with Crippen molar-refractivity contribution in [1.82, 2.24) is 118 Å². The number of anilines is 10. The minimum Gasteiger partial charge on any atom is -0.373 e. The molecule has 13 heterocycles. The molecule has 0 aromatic carbocycles. The van der Waals surface area contributed by atoms with E-state index in [-0.39, 0.29) is 71.3 Å². The van der Waals surface area contributed by atoms with Crippen LogP contribution in [0.1, 0.15) is 154 Å². The molecule has 112 heavy (non-hydrogen) atoms. The fourth-order valence-corrected chi connectivity index (χ4v) is 14.5. The third kappa shape index (κ3) is 16.7. The Morgan fingerprint density at radius 3 is 1.61 bits per heavy atom. The van der Waals surface area contributed by atoms with Crippen molar-refractivity contribution >= 4 is 69.5 Å². The van der Waals surface area contributed by atoms with Gasteiger partial charge in [-0.1, -0.05) is 0 Å². The zero-order valence-corrected chi connectivity index (χ0v) is 62.2. The summed E-state index contributed by atoms with van der Waals surface area (Å²) in [6, 6.07) is 0.857. The topological polar surface area (TPSA) is 338 Å². The summed E-state index contributed by atoms with van der Waals surface area (Å²) in [6.45, 7) is 12.4. The summed E-state index contributed by atoms with van der Waals surface area (Å²) in [7, 11) is 4.73. The van der Waals surface area contributed by atoms with Gasteiger partial charge in [-0.2, -0.15) is 108 Å². The van der Waals surface area contributed by atoms with Crippen molar-refractivity contribution in [2.75, 3.05) is 64.4 Å². The van der Waals surface area contributed by atoms with Gasteiger partial charge >= 0.3 is 24.7 Å². The van der Waals surface area contributed by atoms with Crippen LogP contribution in [-0.4, -0.2) is 145 Å². The van der Waals surface area contributed by atoms with Gasteiger partial charge in [0, 0.05) is 120 Å². The molecule has 1 saturated carbocycles. The Kier molecular flexibility index (Phi) is 22.2. The second kappa shape index (κ2) is 31.8. The second-order valence-corrected chi connectivity index (χ2v) is 27.3. The van der Waals surface area contributed by atoms with Gasteiger partial charge in [-0.05, 0) is 80.1 Å². The summed E-state index contributed by atoms with van der Waals surface area (Å²) in [5.41, 5.74) is 7.95. The van der Waals surface area contributed by atoms with E-state index in [1.165, 1.54) is 30.2 Å². The van der Waals surface area contributed by atoms with Gasteiger partial charge in [-0.25, -0.2) is 34.9 Å². The Morgan fingerprint density at radius 1 is 0.518 bits per heavy atom. The van der Waals surface area contributed by atoms with E-state index in [2.05, 4.69) is 127 Å². The smallest absolute Gasteiger partial charge is 0.373 e. The zero-order valence-electron chi connectivity index (χ0n) is 61.4. The van der Waals surface area contributed by atoms with E-state index in [9.17, 15) is 52.7 Å². The zero-order chi connectivity index (χ0) is 79.7. The first-order valence-electron chi connectivity index (χ1n) is 35.2. The molecule has 3 aliphatic carbocycles. The lowest BCUT2D eigenvalue weighted by molar-refractivity contribution is -0.138. The second-order valence-electron chi connectivity index (χ2n) is 26.4. The van der Waals surface area contributed by atoms with Crippen molar-refractivity contribution < 1.29 is 52.7 Å². The number of nitrogens with zero attached hydrogens (tertiary/aromatic N) is 24. The fourth-order valence-electron chi connectivity index (χ4n) is 13.6. The number of nitrogens with one attached hydrogen (secondary N) is 7. The van der Waals surface area contributed by atoms with E-state index < -0.39 is 47.0 Å². The van der Waals surface area contributed by atoms with Crippen LogP contribution in [0.2, 0.25) is 0 Å². The number of imidazole rings is 1. The number of halogens is 12. The maximum Gasteiger partial charge on any atom is 0.421 e. The van der Waals surface area contributed by atoms with Crippen molar-refractivity contribution in [3.63, 3.8) is 0 Å². The van der Waals surface area contributed by atoms with Gasteiger partial charge in [0.2, 0.25) is 17.8 Å². The molecular formula is C68H75F12N31S. The number of rotatable bonds is 19. The van der Waals surface area contributed by atoms with Crippen molar-refractivity contribution in [1.29, 1.82) is 0 Å². The van der Waals surface area contributed by atoms with E-state index in [4.69, 9.17) is 0 Å². The summed E-state index contributed by atoms with van der Waals surface area (Å²) in [6.07, 6.45) is 7.34. The molecule has 3 atom stereocenters. The van der Waals surface area contributed by atoms with Gasteiger partial charge in [-0.15, -0.1) is 11.3 Å². The third-order valence-electron chi connectivity index (χ3n) is 19.4. The quantitative estimate of drug-likeness (QED) is 0.0370. The highest BCUT2D eigenvalue weighted by Crippen LogP contribution is 2.44. The summed E-state index contributed by atoms with van der Waals surface area (Å²) >= 11 is 1.61. The standard InChI is InChI=1S/C18H20F3N7.C17H20F3N9.C17H18F3N7S.C16H17F3N8/c1-10-11(6-16-23-9-13(18(19,20)21)17(22-2)26-16)7-25-28(10)15-5-4-14-12(15)8-24-27(14)3;1-3-21-15-13(17(18,19)20)8-22-16(27-15)26-14-9-25-28(10(14)2)11-6-12(7-11)29-23-4-5-24-29;1-3-21-15-10(17(18,19)20)6-22-16(25-15)24-12-7-27(26-9(12)2)13-5-4-11-14(13)28-8-23-11;1-9-12(7-23-27(9)10-5-13-21-3-4-26(13)8-10)24-15-22-6-11(16(17,18)19)14(20-2)25-15/h7-9,15H,4-6H2,1-3H3,(H,22,23,26);4-5,8-9,11-12H,3,6-7H2,1-2H3,(H2,21,22,26,27);6-8,13H,3-5H2,1-2H3,(H2,21,22,24,25);3-4,6-7,10H,5,8H2,1-2H3,(H2,20,22,24,25). The summed E-state index contributed by atoms with van der Waals surface area (Å²) in [5.74, 6) is 0.528. The molecule has 31 nitrogen and oxygen atoms in total. The molecule has 4 aliphatic rings. The average molecular weight is 1590 g/mol. The molecule has 7 N–H and O–H groups in total. The minimum absolute atomic E-state index is 0.0642. The summed E-state index contributed by atoms with van der Waals surface area (Å²) in [4.78, 5) is 42.9. The predicted molar refractivity (Wildman–Crippen MR) is 387 cm³/mol. The summed E-state index contributed by atoms with van der Waals surface area (Å²) in [5, 5.41) is 49.7. The van der Waals surface area contributed by atoms with Gasteiger partial charge in [0.25, 0.3) is 0 Å². The fraction of sp³-hybridized carbons (Fsp3) is 0.426. The monoisotopic (exact) mass is 1590 g/mol. The van der Waals surface area contributed by atoms with E-state index in [0.717, 1.165) is 110 Å². The maximum absolute atomic E-state index is 13.1. The van der Waals surface area contributed by atoms with Crippen molar-refractivity contribution in [3.8, 4) is 0 Å². The molecule has 44 heteroatoms. The van der Waals surface area contributed by atoms with Crippen LogP contribution in [0.4, 0.5) is 111 Å². The average Bonchev–Trinajstić information content (AvgIpc) is 1.63. The van der Waals surface area contributed by atoms with Crippen LogP contribution < -0.4 is 37.2 Å². The molecular weight excluding hydrogens is 1510 g/mol. The van der Waals surface area contributed by atoms with E-state index >= 15 is 0 Å². The molecule has 12 aromatic rings. The number of thiazole rings is 1. The molecule has 16 rings (SSSR count). The molecule has 1 fully saturated rings. The first-order chi connectivity index (χ1) is 53.4. The molecule has 1 aliphatic heterocycles. The Bertz CT molecular complexity index is 5230. The van der Waals surface area contributed by atoms with Crippen LogP contribution in [-0.2, 0) is 64.0 Å². The van der Waals surface area contributed by atoms with Crippen LogP contribution in [0.5, 0.6) is 0 Å². The molecule has 12 aromatic heterocycles. The van der Waals surface area contributed by atoms with E-state index in [0.29, 0.717) is 48.1 Å². The minimum atomic E-state index is -4.53. The first kappa shape index (κ1) is 78.2.